The predicted octanol–water partition coefficient (Wildman–Crippen LogP) is 2.51. The molecule has 2 aromatic heterocycles. The average molecular weight is 213 g/mol. The molecule has 0 aliphatic heterocycles. The van der Waals surface area contributed by atoms with Gasteiger partial charge in [-0.15, -0.1) is 0 Å². The largest absolute Gasteiger partial charge is 0.477 e. The van der Waals surface area contributed by atoms with Crippen molar-refractivity contribution in [2.45, 2.75) is 6.92 Å². The molecule has 4 nitrogen and oxygen atoms in total. The molecule has 2 heterocycles. The first-order valence-electron chi connectivity index (χ1n) is 5.24. The van der Waals surface area contributed by atoms with E-state index in [1.165, 1.54) is 6.33 Å². The van der Waals surface area contributed by atoms with Crippen molar-refractivity contribution in [3.63, 3.8) is 0 Å². The van der Waals surface area contributed by atoms with E-state index in [9.17, 15) is 0 Å². The Bertz CT molecular complexity index is 645. The molecule has 0 saturated heterocycles. The second-order valence-electron chi connectivity index (χ2n) is 3.51. The zero-order valence-corrected chi connectivity index (χ0v) is 8.90. The summed E-state index contributed by atoms with van der Waals surface area (Å²) in [5.74, 6) is 0.643. The minimum absolute atomic E-state index is 0.603. The Labute approximate surface area is 92.3 Å². The number of aromatic nitrogens is 3. The standard InChI is InChI=1S/C12H11N3O/c1-2-16-12-10-8-5-3-4-6-9(8)15-11(10)13-7-14-12/h3-7H,2H2,1H3,(H,13,14,15). The summed E-state index contributed by atoms with van der Waals surface area (Å²) >= 11 is 0. The molecule has 0 spiro atoms. The fourth-order valence-electron chi connectivity index (χ4n) is 1.89. The molecule has 0 unspecified atom stereocenters. The van der Waals surface area contributed by atoms with Gasteiger partial charge in [0.25, 0.3) is 0 Å². The van der Waals surface area contributed by atoms with E-state index in [2.05, 4.69) is 15.0 Å². The number of benzene rings is 1. The smallest absolute Gasteiger partial charge is 0.226 e. The molecule has 0 amide bonds. The number of rotatable bonds is 2. The van der Waals surface area contributed by atoms with Gasteiger partial charge < -0.3 is 9.72 Å². The molecule has 4 heteroatoms. The molecule has 1 aromatic carbocycles. The Kier molecular flexibility index (Phi) is 1.99. The molecular formula is C12H11N3O. The Morgan fingerprint density at radius 3 is 3.00 bits per heavy atom. The van der Waals surface area contributed by atoms with Crippen molar-refractivity contribution >= 4 is 21.9 Å². The summed E-state index contributed by atoms with van der Waals surface area (Å²) in [6.07, 6.45) is 1.52. The Balaban J connectivity index is 2.43. The molecule has 1 N–H and O–H groups in total. The molecule has 0 saturated carbocycles. The first-order valence-corrected chi connectivity index (χ1v) is 5.24. The van der Waals surface area contributed by atoms with Crippen LogP contribution in [0, 0.1) is 0 Å². The van der Waals surface area contributed by atoms with Crippen LogP contribution in [0.15, 0.2) is 30.6 Å². The number of para-hydroxylation sites is 1. The summed E-state index contributed by atoms with van der Waals surface area (Å²) in [6.45, 7) is 2.55. The van der Waals surface area contributed by atoms with E-state index in [-0.39, 0.29) is 0 Å². The summed E-state index contributed by atoms with van der Waals surface area (Å²) in [4.78, 5) is 11.6. The number of fused-ring (bicyclic) bond motifs is 3. The minimum Gasteiger partial charge on any atom is -0.477 e. The van der Waals surface area contributed by atoms with Gasteiger partial charge in [0.2, 0.25) is 5.88 Å². The van der Waals surface area contributed by atoms with Crippen LogP contribution in [0.4, 0.5) is 0 Å². The quantitative estimate of drug-likeness (QED) is 0.711. The highest BCUT2D eigenvalue weighted by atomic mass is 16.5. The van der Waals surface area contributed by atoms with Crippen molar-refractivity contribution in [1.82, 2.24) is 15.0 Å². The topological polar surface area (TPSA) is 50.8 Å². The minimum atomic E-state index is 0.603. The van der Waals surface area contributed by atoms with Crippen LogP contribution < -0.4 is 4.74 Å². The van der Waals surface area contributed by atoms with Crippen LogP contribution in [-0.2, 0) is 0 Å². The normalized spacial score (nSPS) is 11.1. The molecule has 0 aliphatic carbocycles. The lowest BCUT2D eigenvalue weighted by atomic mass is 10.2. The molecule has 0 atom stereocenters. The van der Waals surface area contributed by atoms with Gasteiger partial charge >= 0.3 is 0 Å². The highest BCUT2D eigenvalue weighted by Gasteiger charge is 2.10. The molecular weight excluding hydrogens is 202 g/mol. The van der Waals surface area contributed by atoms with Gasteiger partial charge in [0.15, 0.2) is 0 Å². The first kappa shape index (κ1) is 9.15. The number of nitrogens with one attached hydrogen (secondary N) is 1. The molecule has 0 fully saturated rings. The predicted molar refractivity (Wildman–Crippen MR) is 62.6 cm³/mol. The number of aromatic amines is 1. The SMILES string of the molecule is CCOc1ncnc2[nH]c3ccccc3c12. The van der Waals surface area contributed by atoms with E-state index >= 15 is 0 Å². The zero-order valence-electron chi connectivity index (χ0n) is 8.90. The van der Waals surface area contributed by atoms with Gasteiger partial charge in [-0.25, -0.2) is 9.97 Å². The van der Waals surface area contributed by atoms with E-state index in [1.807, 2.05) is 31.2 Å². The summed E-state index contributed by atoms with van der Waals surface area (Å²) < 4.78 is 5.51. The maximum Gasteiger partial charge on any atom is 0.226 e. The van der Waals surface area contributed by atoms with Crippen LogP contribution in [0.5, 0.6) is 5.88 Å². The number of hydrogen-bond donors (Lipinski definition) is 1. The van der Waals surface area contributed by atoms with Crippen LogP contribution in [-0.4, -0.2) is 21.6 Å². The van der Waals surface area contributed by atoms with Crippen molar-refractivity contribution in [2.75, 3.05) is 6.61 Å². The molecule has 0 aliphatic rings. The fraction of sp³-hybridized carbons (Fsp3) is 0.167. The third kappa shape index (κ3) is 1.23. The van der Waals surface area contributed by atoms with Gasteiger partial charge in [0.1, 0.15) is 12.0 Å². The highest BCUT2D eigenvalue weighted by molar-refractivity contribution is 6.08. The van der Waals surface area contributed by atoms with E-state index in [4.69, 9.17) is 4.74 Å². The summed E-state index contributed by atoms with van der Waals surface area (Å²) in [7, 11) is 0. The maximum atomic E-state index is 5.51. The second-order valence-corrected chi connectivity index (χ2v) is 3.51. The molecule has 80 valence electrons. The number of nitrogens with zero attached hydrogens (tertiary/aromatic N) is 2. The van der Waals surface area contributed by atoms with Crippen molar-refractivity contribution in [3.05, 3.63) is 30.6 Å². The maximum absolute atomic E-state index is 5.51. The van der Waals surface area contributed by atoms with Crippen LogP contribution in [0.1, 0.15) is 6.92 Å². The fourth-order valence-corrected chi connectivity index (χ4v) is 1.89. The van der Waals surface area contributed by atoms with E-state index in [1.54, 1.807) is 0 Å². The van der Waals surface area contributed by atoms with Crippen LogP contribution in [0.3, 0.4) is 0 Å². The van der Waals surface area contributed by atoms with E-state index in [0.29, 0.717) is 12.5 Å². The third-order valence-electron chi connectivity index (χ3n) is 2.54. The summed E-state index contributed by atoms with van der Waals surface area (Å²) in [5.41, 5.74) is 1.87. The highest BCUT2D eigenvalue weighted by Crippen LogP contribution is 2.29. The average Bonchev–Trinajstić information content (AvgIpc) is 2.68. The lowest BCUT2D eigenvalue weighted by Crippen LogP contribution is -1.95. The zero-order chi connectivity index (χ0) is 11.0. The van der Waals surface area contributed by atoms with Crippen molar-refractivity contribution in [1.29, 1.82) is 0 Å². The molecule has 3 rings (SSSR count). The lowest BCUT2D eigenvalue weighted by molar-refractivity contribution is 0.331. The van der Waals surface area contributed by atoms with Crippen molar-refractivity contribution < 1.29 is 4.74 Å². The molecule has 16 heavy (non-hydrogen) atoms. The van der Waals surface area contributed by atoms with Crippen LogP contribution in [0.25, 0.3) is 21.9 Å². The molecule has 3 aromatic rings. The Morgan fingerprint density at radius 1 is 1.25 bits per heavy atom. The van der Waals surface area contributed by atoms with Crippen LogP contribution in [0.2, 0.25) is 0 Å². The Hall–Kier alpha value is -2.10. The van der Waals surface area contributed by atoms with E-state index < -0.39 is 0 Å². The molecule has 0 bridgehead atoms. The Morgan fingerprint density at radius 2 is 2.12 bits per heavy atom. The second kappa shape index (κ2) is 3.48. The third-order valence-corrected chi connectivity index (χ3v) is 2.54. The summed E-state index contributed by atoms with van der Waals surface area (Å²) in [6, 6.07) is 8.05. The van der Waals surface area contributed by atoms with Crippen molar-refractivity contribution in [2.24, 2.45) is 0 Å². The monoisotopic (exact) mass is 213 g/mol. The first-order chi connectivity index (χ1) is 7.90. The number of H-pyrrole nitrogens is 1. The van der Waals surface area contributed by atoms with Gasteiger partial charge in [-0.05, 0) is 13.0 Å². The molecule has 0 radical (unpaired) electrons. The summed E-state index contributed by atoms with van der Waals surface area (Å²) in [5, 5.41) is 2.06. The number of ether oxygens (including phenoxy) is 1. The van der Waals surface area contributed by atoms with Crippen LogP contribution >= 0.6 is 0 Å². The van der Waals surface area contributed by atoms with Gasteiger partial charge in [0.05, 0.1) is 12.0 Å². The number of hydrogen-bond acceptors (Lipinski definition) is 3. The lowest BCUT2D eigenvalue weighted by Gasteiger charge is -2.02. The van der Waals surface area contributed by atoms with E-state index in [0.717, 1.165) is 21.9 Å². The van der Waals surface area contributed by atoms with Crippen molar-refractivity contribution in [3.8, 4) is 5.88 Å². The van der Waals surface area contributed by atoms with Gasteiger partial charge in [0, 0.05) is 10.9 Å². The van der Waals surface area contributed by atoms with Gasteiger partial charge in [-0.3, -0.25) is 0 Å². The van der Waals surface area contributed by atoms with Gasteiger partial charge in [-0.2, -0.15) is 0 Å². The van der Waals surface area contributed by atoms with Gasteiger partial charge in [-0.1, -0.05) is 18.2 Å².